The lowest BCUT2D eigenvalue weighted by molar-refractivity contribution is -0.122. The number of carbonyl (C=O) groups excluding carboxylic acids is 1. The molecule has 5 heteroatoms. The molecule has 0 aliphatic rings. The summed E-state index contributed by atoms with van der Waals surface area (Å²) in [4.78, 5) is 11.5. The molecular weight excluding hydrogens is 268 g/mol. The third kappa shape index (κ3) is 3.36. The zero-order valence-electron chi connectivity index (χ0n) is 12.9. The third-order valence-electron chi connectivity index (χ3n) is 3.41. The number of amides is 1. The number of fused-ring (bicyclic) bond motifs is 1. The Morgan fingerprint density at radius 3 is 2.71 bits per heavy atom. The van der Waals surface area contributed by atoms with Crippen molar-refractivity contribution >= 4 is 16.9 Å². The molecule has 1 atom stereocenters. The summed E-state index contributed by atoms with van der Waals surface area (Å²) >= 11 is 0. The predicted octanol–water partition coefficient (Wildman–Crippen LogP) is 2.43. The van der Waals surface area contributed by atoms with Crippen molar-refractivity contribution in [2.75, 3.05) is 7.11 Å². The fourth-order valence-electron chi connectivity index (χ4n) is 2.37. The SMILES string of the molecule is COc1cccc2cc(CN[C@H](C(N)=O)C(C)(C)C)oc12. The average molecular weight is 290 g/mol. The summed E-state index contributed by atoms with van der Waals surface area (Å²) in [6.45, 7) is 6.34. The smallest absolute Gasteiger partial charge is 0.235 e. The van der Waals surface area contributed by atoms with E-state index in [0.717, 1.165) is 11.1 Å². The second kappa shape index (κ2) is 5.77. The summed E-state index contributed by atoms with van der Waals surface area (Å²) in [7, 11) is 1.61. The second-order valence-electron chi connectivity index (χ2n) is 6.17. The van der Waals surface area contributed by atoms with Gasteiger partial charge in [-0.2, -0.15) is 0 Å². The fraction of sp³-hybridized carbons (Fsp3) is 0.438. The van der Waals surface area contributed by atoms with Crippen molar-refractivity contribution in [1.29, 1.82) is 0 Å². The number of hydrogen-bond donors (Lipinski definition) is 2. The Morgan fingerprint density at radius 1 is 1.43 bits per heavy atom. The lowest BCUT2D eigenvalue weighted by Gasteiger charge is -2.28. The van der Waals surface area contributed by atoms with Gasteiger partial charge >= 0.3 is 0 Å². The number of nitrogens with one attached hydrogen (secondary N) is 1. The van der Waals surface area contributed by atoms with Crippen molar-refractivity contribution in [2.24, 2.45) is 11.1 Å². The number of carbonyl (C=O) groups is 1. The molecule has 0 spiro atoms. The largest absolute Gasteiger partial charge is 0.493 e. The van der Waals surface area contributed by atoms with Gasteiger partial charge in [-0.05, 0) is 17.5 Å². The van der Waals surface area contributed by atoms with Crippen LogP contribution in [0.5, 0.6) is 5.75 Å². The molecule has 0 saturated heterocycles. The van der Waals surface area contributed by atoms with E-state index in [2.05, 4.69) is 5.32 Å². The molecule has 0 fully saturated rings. The summed E-state index contributed by atoms with van der Waals surface area (Å²) in [5.74, 6) is 1.07. The van der Waals surface area contributed by atoms with Crippen LogP contribution in [0.3, 0.4) is 0 Å². The van der Waals surface area contributed by atoms with Crippen LogP contribution < -0.4 is 15.8 Å². The predicted molar refractivity (Wildman–Crippen MR) is 82.0 cm³/mol. The van der Waals surface area contributed by atoms with E-state index in [9.17, 15) is 4.79 Å². The van der Waals surface area contributed by atoms with Crippen molar-refractivity contribution < 1.29 is 13.9 Å². The van der Waals surface area contributed by atoms with Crippen LogP contribution in [0.15, 0.2) is 28.7 Å². The highest BCUT2D eigenvalue weighted by Gasteiger charge is 2.29. The van der Waals surface area contributed by atoms with Crippen LogP contribution in [0.1, 0.15) is 26.5 Å². The quantitative estimate of drug-likeness (QED) is 0.886. The van der Waals surface area contributed by atoms with Crippen LogP contribution in [0, 0.1) is 5.41 Å². The minimum atomic E-state index is -0.424. The maximum atomic E-state index is 11.5. The molecule has 1 amide bonds. The molecule has 0 radical (unpaired) electrons. The summed E-state index contributed by atoms with van der Waals surface area (Å²) in [5.41, 5.74) is 5.91. The van der Waals surface area contributed by atoms with Crippen LogP contribution in [-0.2, 0) is 11.3 Å². The molecule has 2 rings (SSSR count). The summed E-state index contributed by atoms with van der Waals surface area (Å²) < 4.78 is 11.1. The molecule has 3 N–H and O–H groups in total. The van der Waals surface area contributed by atoms with E-state index in [1.54, 1.807) is 7.11 Å². The van der Waals surface area contributed by atoms with Crippen molar-refractivity contribution in [3.8, 4) is 5.75 Å². The Hall–Kier alpha value is -2.01. The molecule has 21 heavy (non-hydrogen) atoms. The summed E-state index contributed by atoms with van der Waals surface area (Å²) in [6.07, 6.45) is 0. The zero-order chi connectivity index (χ0) is 15.6. The zero-order valence-corrected chi connectivity index (χ0v) is 12.9. The normalized spacial score (nSPS) is 13.3. The van der Waals surface area contributed by atoms with Gasteiger partial charge in [0, 0.05) is 5.39 Å². The van der Waals surface area contributed by atoms with Crippen LogP contribution in [0.2, 0.25) is 0 Å². The van der Waals surface area contributed by atoms with Gasteiger partial charge in [-0.1, -0.05) is 32.9 Å². The molecular formula is C16H22N2O3. The van der Waals surface area contributed by atoms with Gasteiger partial charge in [0.2, 0.25) is 5.91 Å². The molecule has 0 aliphatic heterocycles. The molecule has 0 aliphatic carbocycles. The van der Waals surface area contributed by atoms with Gasteiger partial charge in [0.15, 0.2) is 11.3 Å². The van der Waals surface area contributed by atoms with Crippen molar-refractivity contribution in [3.05, 3.63) is 30.0 Å². The van der Waals surface area contributed by atoms with E-state index in [4.69, 9.17) is 14.9 Å². The monoisotopic (exact) mass is 290 g/mol. The molecule has 0 saturated carbocycles. The number of hydrogen-bond acceptors (Lipinski definition) is 4. The molecule has 2 aromatic rings. The maximum absolute atomic E-state index is 11.5. The van der Waals surface area contributed by atoms with Gasteiger partial charge in [-0.3, -0.25) is 10.1 Å². The first-order chi connectivity index (χ1) is 9.82. The molecule has 1 aromatic carbocycles. The number of benzene rings is 1. The average Bonchev–Trinajstić information content (AvgIpc) is 2.79. The van der Waals surface area contributed by atoms with Crippen LogP contribution in [-0.4, -0.2) is 19.1 Å². The molecule has 0 unspecified atom stereocenters. The number of methoxy groups -OCH3 is 1. The standard InChI is InChI=1S/C16H22N2O3/c1-16(2,3)14(15(17)19)18-9-11-8-10-6-5-7-12(20-4)13(10)21-11/h5-8,14,18H,9H2,1-4H3,(H2,17,19)/t14-/m1/s1. The van der Waals surface area contributed by atoms with Gasteiger partial charge in [-0.25, -0.2) is 0 Å². The Bertz CT molecular complexity index is 640. The molecule has 0 bridgehead atoms. The minimum absolute atomic E-state index is 0.254. The number of furan rings is 1. The van der Waals surface area contributed by atoms with Crippen molar-refractivity contribution in [1.82, 2.24) is 5.32 Å². The Morgan fingerprint density at radius 2 is 2.14 bits per heavy atom. The molecule has 5 nitrogen and oxygen atoms in total. The maximum Gasteiger partial charge on any atom is 0.235 e. The highest BCUT2D eigenvalue weighted by Crippen LogP contribution is 2.28. The number of rotatable bonds is 5. The second-order valence-corrected chi connectivity index (χ2v) is 6.17. The number of para-hydroxylation sites is 1. The molecule has 1 heterocycles. The van der Waals surface area contributed by atoms with Gasteiger partial charge in [0.1, 0.15) is 5.76 Å². The molecule has 1 aromatic heterocycles. The number of primary amides is 1. The van der Waals surface area contributed by atoms with Crippen molar-refractivity contribution in [2.45, 2.75) is 33.4 Å². The Balaban J connectivity index is 2.18. The number of nitrogens with two attached hydrogens (primary N) is 1. The first kappa shape index (κ1) is 15.4. The minimum Gasteiger partial charge on any atom is -0.493 e. The van der Waals surface area contributed by atoms with Crippen molar-refractivity contribution in [3.63, 3.8) is 0 Å². The number of ether oxygens (including phenoxy) is 1. The van der Waals surface area contributed by atoms with Gasteiger partial charge in [0.05, 0.1) is 19.7 Å². The highest BCUT2D eigenvalue weighted by molar-refractivity contribution is 5.83. The van der Waals surface area contributed by atoms with Crippen LogP contribution in [0.25, 0.3) is 11.0 Å². The van der Waals surface area contributed by atoms with E-state index in [1.165, 1.54) is 0 Å². The van der Waals surface area contributed by atoms with E-state index in [0.29, 0.717) is 17.9 Å². The summed E-state index contributed by atoms with van der Waals surface area (Å²) in [5, 5.41) is 4.13. The third-order valence-corrected chi connectivity index (χ3v) is 3.41. The van der Waals surface area contributed by atoms with Gasteiger partial charge in [-0.15, -0.1) is 0 Å². The van der Waals surface area contributed by atoms with E-state index in [1.807, 2.05) is 45.0 Å². The summed E-state index contributed by atoms with van der Waals surface area (Å²) in [6, 6.07) is 7.23. The van der Waals surface area contributed by atoms with E-state index in [-0.39, 0.29) is 11.3 Å². The van der Waals surface area contributed by atoms with Gasteiger partial charge < -0.3 is 14.9 Å². The lowest BCUT2D eigenvalue weighted by atomic mass is 9.86. The first-order valence-corrected chi connectivity index (χ1v) is 6.91. The Kier molecular flexibility index (Phi) is 4.23. The highest BCUT2D eigenvalue weighted by atomic mass is 16.5. The lowest BCUT2D eigenvalue weighted by Crippen LogP contribution is -2.49. The molecule has 114 valence electrons. The Labute approximate surface area is 124 Å². The fourth-order valence-corrected chi connectivity index (χ4v) is 2.37. The van der Waals surface area contributed by atoms with E-state index < -0.39 is 6.04 Å². The van der Waals surface area contributed by atoms with Gasteiger partial charge in [0.25, 0.3) is 0 Å². The first-order valence-electron chi connectivity index (χ1n) is 6.91. The van der Waals surface area contributed by atoms with E-state index >= 15 is 0 Å². The van der Waals surface area contributed by atoms with Crippen LogP contribution in [0.4, 0.5) is 0 Å². The van der Waals surface area contributed by atoms with Crippen LogP contribution >= 0.6 is 0 Å². The topological polar surface area (TPSA) is 77.5 Å².